The van der Waals surface area contributed by atoms with Crippen molar-refractivity contribution in [3.63, 3.8) is 0 Å². The van der Waals surface area contributed by atoms with Gasteiger partial charge in [-0.25, -0.2) is 0 Å². The van der Waals surface area contributed by atoms with Crippen molar-refractivity contribution in [3.8, 4) is 0 Å². The molecule has 0 fully saturated rings. The van der Waals surface area contributed by atoms with Crippen LogP contribution < -0.4 is 16.4 Å². The Hall–Kier alpha value is -3.58. The molecule has 166 valence electrons. The SMILES string of the molecule is CCN(CC)CCNC(=O)C1=Cc2cc(NC(=O)c3cc4cc(N)ccc4[nH]3)ccc2C1. The van der Waals surface area contributed by atoms with Crippen molar-refractivity contribution >= 4 is 40.2 Å². The van der Waals surface area contributed by atoms with Crippen LogP contribution in [0.5, 0.6) is 0 Å². The van der Waals surface area contributed by atoms with Crippen molar-refractivity contribution in [2.45, 2.75) is 20.3 Å². The number of nitrogens with zero attached hydrogens (tertiary/aromatic N) is 1. The second kappa shape index (κ2) is 9.28. The molecule has 3 aromatic rings. The monoisotopic (exact) mass is 431 g/mol. The summed E-state index contributed by atoms with van der Waals surface area (Å²) in [6.45, 7) is 7.65. The molecule has 2 amide bonds. The zero-order valence-electron chi connectivity index (χ0n) is 18.5. The van der Waals surface area contributed by atoms with E-state index in [4.69, 9.17) is 5.73 Å². The van der Waals surface area contributed by atoms with E-state index in [2.05, 4.69) is 34.4 Å². The summed E-state index contributed by atoms with van der Waals surface area (Å²) in [5.74, 6) is -0.257. The minimum atomic E-state index is -0.226. The summed E-state index contributed by atoms with van der Waals surface area (Å²) in [5.41, 5.74) is 11.3. The molecule has 0 saturated heterocycles. The molecule has 7 nitrogen and oxygen atoms in total. The maximum atomic E-state index is 12.7. The fourth-order valence-electron chi connectivity index (χ4n) is 4.01. The maximum Gasteiger partial charge on any atom is 0.272 e. The predicted molar refractivity (Wildman–Crippen MR) is 130 cm³/mol. The minimum Gasteiger partial charge on any atom is -0.399 e. The van der Waals surface area contributed by atoms with Crippen molar-refractivity contribution in [1.29, 1.82) is 0 Å². The third-order valence-electron chi connectivity index (χ3n) is 5.90. The Balaban J connectivity index is 1.40. The Kier molecular flexibility index (Phi) is 6.28. The Bertz CT molecular complexity index is 1190. The van der Waals surface area contributed by atoms with Gasteiger partial charge in [0.05, 0.1) is 0 Å². The fourth-order valence-corrected chi connectivity index (χ4v) is 4.01. The van der Waals surface area contributed by atoms with Gasteiger partial charge in [0, 0.05) is 47.4 Å². The highest BCUT2D eigenvalue weighted by Crippen LogP contribution is 2.28. The molecule has 0 radical (unpaired) electrons. The predicted octanol–water partition coefficient (Wildman–Crippen LogP) is 3.40. The number of amides is 2. The van der Waals surface area contributed by atoms with Crippen LogP contribution in [-0.2, 0) is 11.2 Å². The topological polar surface area (TPSA) is 103 Å². The second-order valence-electron chi connectivity index (χ2n) is 8.03. The first-order chi connectivity index (χ1) is 15.5. The molecule has 4 rings (SSSR count). The van der Waals surface area contributed by atoms with Crippen molar-refractivity contribution in [3.05, 3.63) is 64.9 Å². The van der Waals surface area contributed by atoms with Crippen LogP contribution in [0.15, 0.2) is 48.0 Å². The Morgan fingerprint density at radius 3 is 2.66 bits per heavy atom. The van der Waals surface area contributed by atoms with E-state index in [9.17, 15) is 9.59 Å². The van der Waals surface area contributed by atoms with Gasteiger partial charge in [0.25, 0.3) is 5.91 Å². The molecule has 1 aromatic heterocycles. The lowest BCUT2D eigenvalue weighted by atomic mass is 10.1. The number of rotatable bonds is 8. The second-order valence-corrected chi connectivity index (χ2v) is 8.03. The van der Waals surface area contributed by atoms with Crippen LogP contribution >= 0.6 is 0 Å². The lowest BCUT2D eigenvalue weighted by Gasteiger charge is -2.18. The summed E-state index contributed by atoms with van der Waals surface area (Å²) in [6, 6.07) is 13.0. The molecular weight excluding hydrogens is 402 g/mol. The number of nitrogens with one attached hydrogen (secondary N) is 3. The summed E-state index contributed by atoms with van der Waals surface area (Å²) in [6.07, 6.45) is 2.51. The molecule has 0 bridgehead atoms. The van der Waals surface area contributed by atoms with Gasteiger partial charge in [-0.1, -0.05) is 19.9 Å². The lowest BCUT2D eigenvalue weighted by molar-refractivity contribution is -0.117. The quantitative estimate of drug-likeness (QED) is 0.411. The number of aromatic amines is 1. The number of nitrogen functional groups attached to an aromatic ring is 1. The normalized spacial score (nSPS) is 12.7. The molecule has 7 heteroatoms. The third-order valence-corrected chi connectivity index (χ3v) is 5.90. The van der Waals surface area contributed by atoms with Crippen LogP contribution in [0.3, 0.4) is 0 Å². The van der Waals surface area contributed by atoms with Crippen molar-refractivity contribution in [2.24, 2.45) is 0 Å². The number of likely N-dealkylation sites (N-methyl/N-ethyl adjacent to an activating group) is 1. The first-order valence-corrected chi connectivity index (χ1v) is 11.0. The van der Waals surface area contributed by atoms with Gasteiger partial charge in [0.1, 0.15) is 5.69 Å². The van der Waals surface area contributed by atoms with Crippen LogP contribution in [-0.4, -0.2) is 47.9 Å². The molecule has 32 heavy (non-hydrogen) atoms. The van der Waals surface area contributed by atoms with Gasteiger partial charge in [-0.05, 0) is 66.7 Å². The van der Waals surface area contributed by atoms with E-state index in [1.165, 1.54) is 0 Å². The Morgan fingerprint density at radius 2 is 1.88 bits per heavy atom. The van der Waals surface area contributed by atoms with Crippen LogP contribution in [0, 0.1) is 0 Å². The molecule has 2 aromatic carbocycles. The molecule has 0 atom stereocenters. The average molecular weight is 432 g/mol. The fraction of sp³-hybridized carbons (Fsp3) is 0.280. The summed E-state index contributed by atoms with van der Waals surface area (Å²) in [5, 5.41) is 6.83. The van der Waals surface area contributed by atoms with E-state index in [0.29, 0.717) is 30.0 Å². The van der Waals surface area contributed by atoms with Gasteiger partial charge >= 0.3 is 0 Å². The highest BCUT2D eigenvalue weighted by molar-refractivity contribution is 6.06. The number of carbonyl (C=O) groups is 2. The minimum absolute atomic E-state index is 0.0312. The van der Waals surface area contributed by atoms with Gasteiger partial charge in [-0.15, -0.1) is 0 Å². The molecule has 0 spiro atoms. The van der Waals surface area contributed by atoms with Crippen LogP contribution in [0.4, 0.5) is 11.4 Å². The van der Waals surface area contributed by atoms with Gasteiger partial charge in [-0.2, -0.15) is 0 Å². The zero-order chi connectivity index (χ0) is 22.7. The van der Waals surface area contributed by atoms with Crippen molar-refractivity contribution < 1.29 is 9.59 Å². The number of hydrogen-bond acceptors (Lipinski definition) is 4. The van der Waals surface area contributed by atoms with E-state index in [1.54, 1.807) is 12.1 Å². The van der Waals surface area contributed by atoms with E-state index in [-0.39, 0.29) is 11.8 Å². The summed E-state index contributed by atoms with van der Waals surface area (Å²) in [7, 11) is 0. The average Bonchev–Trinajstić information content (AvgIpc) is 3.40. The lowest BCUT2D eigenvalue weighted by Crippen LogP contribution is -2.35. The standard InChI is InChI=1S/C25H29N5O2/c1-3-30(4-2)10-9-27-24(31)19-11-16-5-7-21(14-17(16)12-19)28-25(32)23-15-18-13-20(26)6-8-22(18)29-23/h5-8,12-15,29H,3-4,9-11,26H2,1-2H3,(H,27,31)(H,28,32). The van der Waals surface area contributed by atoms with E-state index in [1.807, 2.05) is 36.4 Å². The largest absolute Gasteiger partial charge is 0.399 e. The molecule has 1 heterocycles. The molecule has 0 saturated carbocycles. The molecular formula is C25H29N5O2. The Morgan fingerprint density at radius 1 is 1.06 bits per heavy atom. The van der Waals surface area contributed by atoms with Crippen molar-refractivity contribution in [2.75, 3.05) is 37.2 Å². The van der Waals surface area contributed by atoms with Gasteiger partial charge in [-0.3, -0.25) is 9.59 Å². The highest BCUT2D eigenvalue weighted by atomic mass is 16.2. The number of hydrogen-bond donors (Lipinski definition) is 4. The molecule has 1 aliphatic rings. The molecule has 5 N–H and O–H groups in total. The maximum absolute atomic E-state index is 12.7. The first-order valence-electron chi connectivity index (χ1n) is 11.0. The van der Waals surface area contributed by atoms with E-state index >= 15 is 0 Å². The number of anilines is 2. The van der Waals surface area contributed by atoms with Gasteiger partial charge in [0.15, 0.2) is 0 Å². The Labute approximate surface area is 187 Å². The van der Waals surface area contributed by atoms with Crippen molar-refractivity contribution in [1.82, 2.24) is 15.2 Å². The first kappa shape index (κ1) is 21.6. The van der Waals surface area contributed by atoms with E-state index in [0.717, 1.165) is 47.2 Å². The summed E-state index contributed by atoms with van der Waals surface area (Å²) >= 11 is 0. The number of benzene rings is 2. The zero-order valence-corrected chi connectivity index (χ0v) is 18.5. The van der Waals surface area contributed by atoms with Crippen LogP contribution in [0.1, 0.15) is 35.5 Å². The number of carbonyl (C=O) groups excluding carboxylic acids is 2. The number of aromatic nitrogens is 1. The van der Waals surface area contributed by atoms with Crippen LogP contribution in [0.2, 0.25) is 0 Å². The number of nitrogens with two attached hydrogens (primary N) is 1. The van der Waals surface area contributed by atoms with Gasteiger partial charge < -0.3 is 26.3 Å². The molecule has 0 aliphatic heterocycles. The number of fused-ring (bicyclic) bond motifs is 2. The van der Waals surface area contributed by atoms with E-state index < -0.39 is 0 Å². The smallest absolute Gasteiger partial charge is 0.272 e. The highest BCUT2D eigenvalue weighted by Gasteiger charge is 2.19. The van der Waals surface area contributed by atoms with Gasteiger partial charge in [0.2, 0.25) is 5.91 Å². The number of H-pyrrole nitrogens is 1. The summed E-state index contributed by atoms with van der Waals surface area (Å²) in [4.78, 5) is 30.6. The molecule has 0 unspecified atom stereocenters. The summed E-state index contributed by atoms with van der Waals surface area (Å²) < 4.78 is 0. The molecule has 1 aliphatic carbocycles. The third kappa shape index (κ3) is 4.68. The van der Waals surface area contributed by atoms with Crippen LogP contribution in [0.25, 0.3) is 17.0 Å².